The van der Waals surface area contributed by atoms with E-state index in [1.54, 1.807) is 24.3 Å². The highest BCUT2D eigenvalue weighted by molar-refractivity contribution is 6.78. The maximum atomic E-state index is 15.1. The summed E-state index contributed by atoms with van der Waals surface area (Å²) in [6.07, 6.45) is 20.4. The molecule has 109 heavy (non-hydrogen) atoms. The van der Waals surface area contributed by atoms with Crippen LogP contribution in [0.3, 0.4) is 0 Å². The number of nitrogens with one attached hydrogen (secondary N) is 3. The summed E-state index contributed by atoms with van der Waals surface area (Å²) in [5, 5.41) is 9.62. The molecule has 1 aliphatic rings. The van der Waals surface area contributed by atoms with Gasteiger partial charge in [0.2, 0.25) is 11.8 Å². The third-order valence-electron chi connectivity index (χ3n) is 22.6. The molecular weight excluding hydrogens is 1430 g/mol. The molecule has 13 nitrogen and oxygen atoms in total. The predicted octanol–water partition coefficient (Wildman–Crippen LogP) is 24.2. The van der Waals surface area contributed by atoms with Gasteiger partial charge in [0.1, 0.15) is 36.7 Å². The Morgan fingerprint density at radius 1 is 0.422 bits per heavy atom. The van der Waals surface area contributed by atoms with Crippen molar-refractivity contribution in [1.82, 2.24) is 16.0 Å². The quantitative estimate of drug-likeness (QED) is 0.0145. The van der Waals surface area contributed by atoms with Gasteiger partial charge in [-0.25, -0.2) is 4.79 Å². The average Bonchev–Trinajstić information content (AvgIpc) is 0.921. The first-order valence-corrected chi connectivity index (χ1v) is 46.5. The van der Waals surface area contributed by atoms with Crippen LogP contribution in [-0.2, 0) is 44.7 Å². The zero-order chi connectivity index (χ0) is 78.9. The van der Waals surface area contributed by atoms with E-state index in [0.717, 1.165) is 92.4 Å². The lowest BCUT2D eigenvalue weighted by Crippen LogP contribution is -2.55. The van der Waals surface area contributed by atoms with Gasteiger partial charge in [-0.15, -0.1) is 0 Å². The van der Waals surface area contributed by atoms with E-state index in [2.05, 4.69) is 111 Å². The van der Waals surface area contributed by atoms with Crippen LogP contribution in [0.5, 0.6) is 11.5 Å². The lowest BCUT2D eigenvalue weighted by molar-refractivity contribution is -0.153. The molecule has 3 amide bonds. The minimum atomic E-state index is -1.84. The van der Waals surface area contributed by atoms with Gasteiger partial charge in [-0.05, 0) is 142 Å². The second-order valence-electron chi connectivity index (χ2n) is 32.7. The standard InChI is InChI=1S/C92H133Cl2N3O10Si2/c1-66(2)46-55-86(96-90(100)87(60-73-40-30-29-31-41-73)97-91(101)104-65-85-83-44-34-32-42-81(83)82-43-33-35-45-84(82)85)89(99)95-64-88(98)107-92(74-47-51-77(93)52-48-74,75-49-53-78(94)54-50-75)76-61-79(102-56-36-25-21-17-15-19-23-27-38-58-105-108(67(3)4,68(5)6)69(7)8)63-80(62-76)103-57-37-26-22-18-16-20-24-28-39-59-106-109(70(9)10,71(11)12)72(13)14/h29-35,40-45,47-54,61-63,66-72,85-87H,15-28,36-39,46,55-60,64-65H2,1-14H3,(H,95,99)(H,96,100)(H,97,101)/t86-,87-/m0/s1. The van der Waals surface area contributed by atoms with Crippen LogP contribution in [0, 0.1) is 5.92 Å². The molecule has 0 aromatic heterocycles. The number of rotatable bonds is 51. The molecular formula is C92H133Cl2N3O10Si2. The second-order valence-corrected chi connectivity index (χ2v) is 44.5. The van der Waals surface area contributed by atoms with Crippen molar-refractivity contribution >= 4 is 63.7 Å². The first-order valence-electron chi connectivity index (χ1n) is 41.5. The Balaban J connectivity index is 1.05. The molecule has 0 bridgehead atoms. The fourth-order valence-corrected chi connectivity index (χ4v) is 28.4. The van der Waals surface area contributed by atoms with Gasteiger partial charge in [-0.1, -0.05) is 313 Å². The second kappa shape index (κ2) is 45.9. The van der Waals surface area contributed by atoms with Crippen LogP contribution in [0.15, 0.2) is 146 Å². The molecule has 2 atom stereocenters. The lowest BCUT2D eigenvalue weighted by Gasteiger charge is -2.42. The summed E-state index contributed by atoms with van der Waals surface area (Å²) in [6, 6.07) is 43.4. The summed E-state index contributed by atoms with van der Waals surface area (Å²) in [7, 11) is -3.68. The number of benzene rings is 6. The summed E-state index contributed by atoms with van der Waals surface area (Å²) >= 11 is 13.3. The molecule has 0 fully saturated rings. The number of unbranched alkanes of at least 4 members (excludes halogenated alkanes) is 16. The van der Waals surface area contributed by atoms with Crippen LogP contribution in [-0.4, -0.2) is 92.2 Å². The third kappa shape index (κ3) is 26.3. The molecule has 598 valence electrons. The predicted molar refractivity (Wildman–Crippen MR) is 455 cm³/mol. The largest absolute Gasteiger partial charge is 0.493 e. The average molecular weight is 1570 g/mol. The molecule has 3 N–H and O–H groups in total. The number of halogens is 2. The summed E-state index contributed by atoms with van der Waals surface area (Å²) in [6.45, 7) is 34.5. The molecule has 1 aliphatic carbocycles. The molecule has 0 saturated heterocycles. The number of ether oxygens (including phenoxy) is 4. The van der Waals surface area contributed by atoms with Crippen molar-refractivity contribution in [3.8, 4) is 22.6 Å². The van der Waals surface area contributed by atoms with E-state index in [1.165, 1.54) is 64.2 Å². The molecule has 0 radical (unpaired) electrons. The minimum Gasteiger partial charge on any atom is -0.493 e. The van der Waals surface area contributed by atoms with Crippen LogP contribution in [0.4, 0.5) is 4.79 Å². The van der Waals surface area contributed by atoms with Gasteiger partial charge in [-0.3, -0.25) is 14.4 Å². The van der Waals surface area contributed by atoms with Crippen LogP contribution in [0.2, 0.25) is 43.3 Å². The maximum absolute atomic E-state index is 15.1. The fraction of sp³-hybridized carbons (Fsp3) is 0.565. The van der Waals surface area contributed by atoms with E-state index in [9.17, 15) is 14.4 Å². The molecule has 0 saturated carbocycles. The Labute approximate surface area is 668 Å². The molecule has 0 unspecified atom stereocenters. The first kappa shape index (κ1) is 89.7. The highest BCUT2D eigenvalue weighted by atomic mass is 35.5. The van der Waals surface area contributed by atoms with Crippen LogP contribution < -0.4 is 25.4 Å². The molecule has 0 heterocycles. The molecule has 0 aliphatic heterocycles. The first-order chi connectivity index (χ1) is 52.3. The number of carbonyl (C=O) groups excluding carboxylic acids is 4. The number of esters is 1. The van der Waals surface area contributed by atoms with Crippen LogP contribution in [0.25, 0.3) is 11.1 Å². The Kier molecular flexibility index (Phi) is 37.8. The Morgan fingerprint density at radius 3 is 1.23 bits per heavy atom. The van der Waals surface area contributed by atoms with Gasteiger partial charge in [0.15, 0.2) is 22.2 Å². The molecule has 6 aromatic rings. The smallest absolute Gasteiger partial charge is 0.407 e. The fourth-order valence-electron chi connectivity index (χ4n) is 17.1. The van der Waals surface area contributed by atoms with Crippen molar-refractivity contribution in [2.75, 3.05) is 39.6 Å². The monoisotopic (exact) mass is 1570 g/mol. The Hall–Kier alpha value is -6.47. The van der Waals surface area contributed by atoms with Gasteiger partial charge in [0.25, 0.3) is 0 Å². The Morgan fingerprint density at radius 2 is 0.817 bits per heavy atom. The van der Waals surface area contributed by atoms with Crippen molar-refractivity contribution in [3.05, 3.63) is 189 Å². The van der Waals surface area contributed by atoms with Gasteiger partial charge in [0, 0.05) is 58.4 Å². The van der Waals surface area contributed by atoms with E-state index in [0.29, 0.717) is 91.1 Å². The number of alkyl carbamates (subject to hydrolysis) is 1. The zero-order valence-electron chi connectivity index (χ0n) is 68.6. The normalized spacial score (nSPS) is 13.2. The lowest BCUT2D eigenvalue weighted by atomic mass is 9.79. The van der Waals surface area contributed by atoms with Gasteiger partial charge < -0.3 is 43.7 Å². The minimum absolute atomic E-state index is 0.0488. The maximum Gasteiger partial charge on any atom is 0.407 e. The van der Waals surface area contributed by atoms with Crippen molar-refractivity contribution in [2.24, 2.45) is 5.92 Å². The van der Waals surface area contributed by atoms with Crippen LogP contribution in [0.1, 0.15) is 265 Å². The summed E-state index contributed by atoms with van der Waals surface area (Å²) in [5.41, 5.74) is 8.68. The van der Waals surface area contributed by atoms with E-state index in [1.807, 2.05) is 123 Å². The molecule has 17 heteroatoms. The van der Waals surface area contributed by atoms with Gasteiger partial charge >= 0.3 is 12.1 Å². The van der Waals surface area contributed by atoms with E-state index in [4.69, 9.17) is 51.0 Å². The molecule has 7 rings (SSSR count). The van der Waals surface area contributed by atoms with Crippen molar-refractivity contribution in [2.45, 2.75) is 289 Å². The molecule has 0 spiro atoms. The summed E-state index contributed by atoms with van der Waals surface area (Å²) in [5.74, 6) is -0.888. The van der Waals surface area contributed by atoms with Gasteiger partial charge in [-0.2, -0.15) is 0 Å². The number of carbonyl (C=O) groups is 4. The Bertz CT molecular complexity index is 3470. The van der Waals surface area contributed by atoms with Gasteiger partial charge in [0.05, 0.1) is 13.2 Å². The number of amides is 3. The van der Waals surface area contributed by atoms with Crippen molar-refractivity contribution in [3.63, 3.8) is 0 Å². The summed E-state index contributed by atoms with van der Waals surface area (Å²) in [4.78, 5) is 58.5. The van der Waals surface area contributed by atoms with E-state index in [-0.39, 0.29) is 31.3 Å². The van der Waals surface area contributed by atoms with E-state index < -0.39 is 64.7 Å². The van der Waals surface area contributed by atoms with Crippen molar-refractivity contribution in [1.29, 1.82) is 0 Å². The number of hydrogen-bond donors (Lipinski definition) is 3. The zero-order valence-corrected chi connectivity index (χ0v) is 72.1. The third-order valence-corrected chi connectivity index (χ3v) is 35.3. The van der Waals surface area contributed by atoms with E-state index >= 15 is 4.79 Å². The SMILES string of the molecule is CC(C)CC[C@H](NC(=O)[C@H](Cc1ccccc1)NC(=O)OCC1c2ccccc2-c2ccccc21)C(=O)NCC(=O)OC(c1ccc(Cl)cc1)(c1ccc(Cl)cc1)c1cc(OCCCCCCCCCCCO[Si](C(C)C)(C(C)C)C(C)C)cc(OCCCCCCCCCCCO[Si](C(C)C)(C(C)C)C(C)C)c1. The highest BCUT2D eigenvalue weighted by Gasteiger charge is 2.47. The topological polar surface area (TPSA) is 160 Å². The van der Waals surface area contributed by atoms with Crippen LogP contribution >= 0.6 is 23.2 Å². The van der Waals surface area contributed by atoms with Crippen molar-refractivity contribution < 1.29 is 47.0 Å². The number of fused-ring (bicyclic) bond motifs is 3. The highest BCUT2D eigenvalue weighted by Crippen LogP contribution is 2.48. The molecule has 6 aromatic carbocycles. The summed E-state index contributed by atoms with van der Waals surface area (Å²) < 4.78 is 40.0. The number of hydrogen-bond acceptors (Lipinski definition) is 10.